The van der Waals surface area contributed by atoms with Gasteiger partial charge in [-0.3, -0.25) is 9.36 Å². The van der Waals surface area contributed by atoms with Crippen molar-refractivity contribution < 1.29 is 22.7 Å². The molecule has 4 rings (SSSR count). The summed E-state index contributed by atoms with van der Waals surface area (Å²) < 4.78 is 46.8. The smallest absolute Gasteiger partial charge is 0.450 e. The Morgan fingerprint density at radius 2 is 1.94 bits per heavy atom. The maximum absolute atomic E-state index is 13.6. The van der Waals surface area contributed by atoms with Crippen LogP contribution >= 0.6 is 0 Å². The minimum absolute atomic E-state index is 0.0188. The van der Waals surface area contributed by atoms with Crippen molar-refractivity contribution in [1.82, 2.24) is 19.5 Å². The van der Waals surface area contributed by atoms with Gasteiger partial charge in [0.25, 0.3) is 5.91 Å². The number of imidazole rings is 1. The number of amides is 1. The minimum Gasteiger partial charge on any atom is -0.497 e. The zero-order chi connectivity index (χ0) is 23.8. The van der Waals surface area contributed by atoms with Crippen LogP contribution in [0.2, 0.25) is 0 Å². The molecule has 0 aliphatic carbocycles. The number of anilines is 1. The van der Waals surface area contributed by atoms with Crippen molar-refractivity contribution in [3.63, 3.8) is 0 Å². The van der Waals surface area contributed by atoms with Crippen LogP contribution in [-0.4, -0.2) is 32.5 Å². The fourth-order valence-corrected chi connectivity index (χ4v) is 3.26. The number of alkyl halides is 3. The maximum Gasteiger partial charge on any atom is 0.450 e. The fraction of sp³-hybridized carbons (Fsp3) is 0.143. The standard InChI is InChI=1S/C21H15F3N6O3/c1-11-4-3-5-13(18(11)29-32)19(31)28-16-9-26-17(10-25-16)30-15-7-6-12(33-2)8-14(15)27-20(30)21(22,23)24/h3-10H,1-2H3,(H,25,28,31). The molecule has 9 nitrogen and oxygen atoms in total. The highest BCUT2D eigenvalue weighted by Crippen LogP contribution is 2.34. The summed E-state index contributed by atoms with van der Waals surface area (Å²) in [4.78, 5) is 35.3. The molecule has 0 bridgehead atoms. The Kier molecular flexibility index (Phi) is 5.50. The van der Waals surface area contributed by atoms with Crippen LogP contribution in [0.1, 0.15) is 21.7 Å². The molecule has 0 saturated heterocycles. The van der Waals surface area contributed by atoms with Crippen LogP contribution in [0.15, 0.2) is 54.0 Å². The second kappa shape index (κ2) is 8.30. The molecular weight excluding hydrogens is 441 g/mol. The number of hydrogen-bond donors (Lipinski definition) is 1. The molecule has 0 spiro atoms. The summed E-state index contributed by atoms with van der Waals surface area (Å²) in [5.41, 5.74) is 0.742. The second-order valence-electron chi connectivity index (χ2n) is 6.90. The Balaban J connectivity index is 1.70. The Bertz CT molecular complexity index is 1370. The number of fused-ring (bicyclic) bond motifs is 1. The number of aryl methyl sites for hydroxylation is 1. The number of aromatic nitrogens is 4. The van der Waals surface area contributed by atoms with Crippen LogP contribution < -0.4 is 10.1 Å². The first-order valence-electron chi connectivity index (χ1n) is 9.43. The van der Waals surface area contributed by atoms with Crippen LogP contribution in [0.3, 0.4) is 0 Å². The Morgan fingerprint density at radius 1 is 1.15 bits per heavy atom. The normalized spacial score (nSPS) is 11.4. The highest BCUT2D eigenvalue weighted by Gasteiger charge is 2.38. The lowest BCUT2D eigenvalue weighted by Gasteiger charge is -2.11. The lowest BCUT2D eigenvalue weighted by molar-refractivity contribution is -0.145. The van der Waals surface area contributed by atoms with Crippen molar-refractivity contribution in [3.05, 3.63) is 70.7 Å². The predicted molar refractivity (Wildman–Crippen MR) is 113 cm³/mol. The summed E-state index contributed by atoms with van der Waals surface area (Å²) in [6.07, 6.45) is -2.58. The zero-order valence-corrected chi connectivity index (χ0v) is 17.2. The molecule has 0 aliphatic heterocycles. The third-order valence-electron chi connectivity index (χ3n) is 4.80. The molecule has 168 valence electrons. The van der Waals surface area contributed by atoms with E-state index >= 15 is 0 Å². The van der Waals surface area contributed by atoms with Crippen molar-refractivity contribution in [2.75, 3.05) is 12.4 Å². The van der Waals surface area contributed by atoms with Gasteiger partial charge in [0, 0.05) is 6.07 Å². The molecule has 0 saturated carbocycles. The Morgan fingerprint density at radius 3 is 2.58 bits per heavy atom. The van der Waals surface area contributed by atoms with Crippen LogP contribution in [0, 0.1) is 11.8 Å². The highest BCUT2D eigenvalue weighted by molar-refractivity contribution is 6.07. The van der Waals surface area contributed by atoms with Gasteiger partial charge in [-0.2, -0.15) is 13.2 Å². The molecule has 0 atom stereocenters. The van der Waals surface area contributed by atoms with Gasteiger partial charge in [0.15, 0.2) is 11.6 Å². The number of halogens is 3. The van der Waals surface area contributed by atoms with E-state index in [9.17, 15) is 22.9 Å². The number of carbonyl (C=O) groups excluding carboxylic acids is 1. The van der Waals surface area contributed by atoms with E-state index in [0.29, 0.717) is 11.3 Å². The molecule has 2 aromatic heterocycles. The maximum atomic E-state index is 13.6. The van der Waals surface area contributed by atoms with Crippen LogP contribution in [0.25, 0.3) is 16.9 Å². The van der Waals surface area contributed by atoms with Crippen molar-refractivity contribution in [1.29, 1.82) is 0 Å². The van der Waals surface area contributed by atoms with Gasteiger partial charge in [-0.05, 0) is 35.9 Å². The van der Waals surface area contributed by atoms with Gasteiger partial charge in [0.05, 0.1) is 36.1 Å². The van der Waals surface area contributed by atoms with Gasteiger partial charge >= 0.3 is 6.18 Å². The molecule has 0 aliphatic rings. The van der Waals surface area contributed by atoms with E-state index in [0.717, 1.165) is 17.0 Å². The number of hydrogen-bond acceptors (Lipinski definition) is 7. The van der Waals surface area contributed by atoms with Crippen molar-refractivity contribution in [2.24, 2.45) is 5.18 Å². The van der Waals surface area contributed by atoms with E-state index in [1.54, 1.807) is 19.1 Å². The van der Waals surface area contributed by atoms with Gasteiger partial charge < -0.3 is 10.1 Å². The number of carbonyl (C=O) groups is 1. The van der Waals surface area contributed by atoms with Crippen LogP contribution in [0.4, 0.5) is 24.7 Å². The van der Waals surface area contributed by atoms with Gasteiger partial charge in [-0.1, -0.05) is 12.1 Å². The Hall–Kier alpha value is -4.35. The quantitative estimate of drug-likeness (QED) is 0.432. The van der Waals surface area contributed by atoms with Gasteiger partial charge in [0.2, 0.25) is 5.82 Å². The van der Waals surface area contributed by atoms with E-state index < -0.39 is 17.9 Å². The van der Waals surface area contributed by atoms with E-state index in [1.165, 1.54) is 31.4 Å². The van der Waals surface area contributed by atoms with Gasteiger partial charge in [0.1, 0.15) is 11.4 Å². The number of methoxy groups -OCH3 is 1. The largest absolute Gasteiger partial charge is 0.497 e. The number of rotatable bonds is 5. The number of ether oxygens (including phenoxy) is 1. The van der Waals surface area contributed by atoms with Gasteiger partial charge in [-0.15, -0.1) is 4.91 Å². The van der Waals surface area contributed by atoms with Crippen molar-refractivity contribution >= 4 is 28.4 Å². The minimum atomic E-state index is -4.76. The molecule has 0 unspecified atom stereocenters. The third-order valence-corrected chi connectivity index (χ3v) is 4.80. The first-order valence-corrected chi connectivity index (χ1v) is 9.43. The van der Waals surface area contributed by atoms with Gasteiger partial charge in [-0.25, -0.2) is 15.0 Å². The SMILES string of the molecule is COc1ccc2c(c1)nc(C(F)(F)F)n2-c1cnc(NC(=O)c2cccc(C)c2N=O)cn1. The first-order chi connectivity index (χ1) is 15.7. The third kappa shape index (κ3) is 4.10. The second-order valence-corrected chi connectivity index (χ2v) is 6.90. The zero-order valence-electron chi connectivity index (χ0n) is 17.2. The predicted octanol–water partition coefficient (Wildman–Crippen LogP) is 4.80. The van der Waals surface area contributed by atoms with E-state index in [1.807, 2.05) is 0 Å². The fourth-order valence-electron chi connectivity index (χ4n) is 3.26. The van der Waals surface area contributed by atoms with E-state index in [-0.39, 0.29) is 33.9 Å². The lowest BCUT2D eigenvalue weighted by Crippen LogP contribution is -2.16. The monoisotopic (exact) mass is 456 g/mol. The molecule has 0 radical (unpaired) electrons. The average Bonchev–Trinajstić information content (AvgIpc) is 3.18. The molecule has 33 heavy (non-hydrogen) atoms. The Labute approximate surface area is 184 Å². The lowest BCUT2D eigenvalue weighted by atomic mass is 10.1. The average molecular weight is 456 g/mol. The summed E-state index contributed by atoms with van der Waals surface area (Å²) in [6, 6.07) is 8.95. The topological polar surface area (TPSA) is 111 Å². The molecule has 0 fully saturated rings. The van der Waals surface area contributed by atoms with Crippen molar-refractivity contribution in [3.8, 4) is 11.6 Å². The van der Waals surface area contributed by atoms with E-state index in [2.05, 4.69) is 25.4 Å². The first kappa shape index (κ1) is 21.9. The van der Waals surface area contributed by atoms with Crippen LogP contribution in [-0.2, 0) is 6.18 Å². The number of nitrogens with zero attached hydrogens (tertiary/aromatic N) is 5. The summed E-state index contributed by atoms with van der Waals surface area (Å²) in [5, 5.41) is 5.34. The molecule has 1 amide bonds. The summed E-state index contributed by atoms with van der Waals surface area (Å²) in [5.74, 6) is -1.67. The summed E-state index contributed by atoms with van der Waals surface area (Å²) in [7, 11) is 1.40. The number of nitroso groups, excluding NO2 is 1. The van der Waals surface area contributed by atoms with Crippen LogP contribution in [0.5, 0.6) is 5.75 Å². The van der Waals surface area contributed by atoms with Crippen molar-refractivity contribution in [2.45, 2.75) is 13.1 Å². The van der Waals surface area contributed by atoms with E-state index in [4.69, 9.17) is 4.74 Å². The molecule has 4 aromatic rings. The number of benzene rings is 2. The number of nitrogens with one attached hydrogen (secondary N) is 1. The molecular formula is C21H15F3N6O3. The highest BCUT2D eigenvalue weighted by atomic mass is 19.4. The summed E-state index contributed by atoms with van der Waals surface area (Å²) in [6.45, 7) is 1.63. The molecule has 12 heteroatoms. The molecule has 2 heterocycles. The summed E-state index contributed by atoms with van der Waals surface area (Å²) >= 11 is 0. The molecule has 2 aromatic carbocycles. The molecule has 1 N–H and O–H groups in total.